The number of amides is 1. The van der Waals surface area contributed by atoms with E-state index in [2.05, 4.69) is 26.8 Å². The van der Waals surface area contributed by atoms with E-state index in [1.54, 1.807) is 17.5 Å². The summed E-state index contributed by atoms with van der Waals surface area (Å²) in [6, 6.07) is 4.17. The van der Waals surface area contributed by atoms with Crippen LogP contribution in [0.25, 0.3) is 0 Å². The van der Waals surface area contributed by atoms with E-state index in [1.807, 2.05) is 22.7 Å². The molecular weight excluding hydrogens is 308 g/mol. The summed E-state index contributed by atoms with van der Waals surface area (Å²) in [6.45, 7) is 4.76. The van der Waals surface area contributed by atoms with Crippen molar-refractivity contribution in [1.29, 1.82) is 0 Å². The maximum atomic E-state index is 12.5. The molecule has 1 saturated heterocycles. The van der Waals surface area contributed by atoms with Crippen LogP contribution >= 0.6 is 11.3 Å². The number of carbonyl (C=O) groups is 1. The summed E-state index contributed by atoms with van der Waals surface area (Å²) in [5.41, 5.74) is 2.50. The van der Waals surface area contributed by atoms with Gasteiger partial charge in [-0.3, -0.25) is 14.4 Å². The van der Waals surface area contributed by atoms with Gasteiger partial charge in [0.05, 0.1) is 0 Å². The third kappa shape index (κ3) is 4.42. The second-order valence-electron chi connectivity index (χ2n) is 6.09. The molecule has 5 nitrogen and oxygen atoms in total. The van der Waals surface area contributed by atoms with Gasteiger partial charge in [0.15, 0.2) is 0 Å². The summed E-state index contributed by atoms with van der Waals surface area (Å²) < 4.78 is 1.85. The minimum Gasteiger partial charge on any atom is -0.341 e. The van der Waals surface area contributed by atoms with E-state index in [9.17, 15) is 4.79 Å². The summed E-state index contributed by atoms with van der Waals surface area (Å²) >= 11 is 1.75. The molecule has 0 unspecified atom stereocenters. The minimum atomic E-state index is 0.267. The van der Waals surface area contributed by atoms with Crippen LogP contribution in [0.1, 0.15) is 24.1 Å². The van der Waals surface area contributed by atoms with E-state index in [0.29, 0.717) is 6.42 Å². The standard InChI is InChI=1S/C17H24N4OS/c1-19-16(5-7-18-19)3-4-17(22)21-9-2-8-20(10-11-21)13-15-6-12-23-14-15/h5-7,12,14H,2-4,8-11,13H2,1H3. The minimum absolute atomic E-state index is 0.267. The van der Waals surface area contributed by atoms with Crippen molar-refractivity contribution in [3.8, 4) is 0 Å². The summed E-state index contributed by atoms with van der Waals surface area (Å²) in [7, 11) is 1.92. The Balaban J connectivity index is 1.47. The maximum absolute atomic E-state index is 12.5. The fraction of sp³-hybridized carbons (Fsp3) is 0.529. The van der Waals surface area contributed by atoms with Gasteiger partial charge < -0.3 is 4.90 Å². The second kappa shape index (κ2) is 7.75. The van der Waals surface area contributed by atoms with Crippen LogP contribution in [0.4, 0.5) is 0 Å². The molecule has 3 rings (SSSR count). The van der Waals surface area contributed by atoms with Gasteiger partial charge in [0.2, 0.25) is 5.91 Å². The zero-order valence-electron chi connectivity index (χ0n) is 13.6. The Labute approximate surface area is 141 Å². The van der Waals surface area contributed by atoms with Crippen molar-refractivity contribution >= 4 is 17.2 Å². The van der Waals surface area contributed by atoms with Gasteiger partial charge in [-0.1, -0.05) is 0 Å². The number of aromatic nitrogens is 2. The highest BCUT2D eigenvalue weighted by molar-refractivity contribution is 7.07. The molecule has 0 N–H and O–H groups in total. The largest absolute Gasteiger partial charge is 0.341 e. The fourth-order valence-corrected chi connectivity index (χ4v) is 3.72. The predicted molar refractivity (Wildman–Crippen MR) is 92.3 cm³/mol. The van der Waals surface area contributed by atoms with E-state index in [0.717, 1.165) is 51.3 Å². The highest BCUT2D eigenvalue weighted by Crippen LogP contribution is 2.13. The van der Waals surface area contributed by atoms with E-state index >= 15 is 0 Å². The average Bonchev–Trinajstić information content (AvgIpc) is 3.13. The second-order valence-corrected chi connectivity index (χ2v) is 6.87. The number of hydrogen-bond donors (Lipinski definition) is 0. The molecule has 0 bridgehead atoms. The summed E-state index contributed by atoms with van der Waals surface area (Å²) in [4.78, 5) is 16.9. The van der Waals surface area contributed by atoms with E-state index < -0.39 is 0 Å². The highest BCUT2D eigenvalue weighted by atomic mass is 32.1. The Morgan fingerprint density at radius 1 is 1.26 bits per heavy atom. The molecule has 23 heavy (non-hydrogen) atoms. The first-order chi connectivity index (χ1) is 11.2. The molecule has 2 aromatic rings. The zero-order chi connectivity index (χ0) is 16.1. The van der Waals surface area contributed by atoms with Crippen molar-refractivity contribution in [2.24, 2.45) is 7.05 Å². The van der Waals surface area contributed by atoms with Gasteiger partial charge in [0.25, 0.3) is 0 Å². The lowest BCUT2D eigenvalue weighted by molar-refractivity contribution is -0.131. The monoisotopic (exact) mass is 332 g/mol. The lowest BCUT2D eigenvalue weighted by atomic mass is 10.2. The molecule has 124 valence electrons. The van der Waals surface area contributed by atoms with Crippen LogP contribution in [0.3, 0.4) is 0 Å². The van der Waals surface area contributed by atoms with Crippen molar-refractivity contribution in [2.45, 2.75) is 25.8 Å². The van der Waals surface area contributed by atoms with Crippen molar-refractivity contribution < 1.29 is 4.79 Å². The lowest BCUT2D eigenvalue weighted by Crippen LogP contribution is -2.35. The molecule has 0 aliphatic carbocycles. The number of rotatable bonds is 5. The molecule has 1 amide bonds. The smallest absolute Gasteiger partial charge is 0.223 e. The topological polar surface area (TPSA) is 41.4 Å². The normalized spacial score (nSPS) is 16.5. The third-order valence-corrected chi connectivity index (χ3v) is 5.18. The van der Waals surface area contributed by atoms with Crippen LogP contribution in [0.2, 0.25) is 0 Å². The van der Waals surface area contributed by atoms with Gasteiger partial charge in [-0.15, -0.1) is 0 Å². The molecule has 0 aromatic carbocycles. The Hall–Kier alpha value is -1.66. The van der Waals surface area contributed by atoms with Crippen LogP contribution in [0.5, 0.6) is 0 Å². The van der Waals surface area contributed by atoms with Gasteiger partial charge in [-0.25, -0.2) is 0 Å². The molecule has 1 aliphatic rings. The van der Waals surface area contributed by atoms with Gasteiger partial charge in [-0.05, 0) is 41.3 Å². The molecule has 1 fully saturated rings. The van der Waals surface area contributed by atoms with Crippen LogP contribution in [0, 0.1) is 0 Å². The van der Waals surface area contributed by atoms with Gasteiger partial charge in [0, 0.05) is 58.1 Å². The number of aryl methyl sites for hydroxylation is 2. The zero-order valence-corrected chi connectivity index (χ0v) is 14.5. The number of hydrogen-bond acceptors (Lipinski definition) is 4. The van der Waals surface area contributed by atoms with Crippen LogP contribution < -0.4 is 0 Å². The molecule has 1 aliphatic heterocycles. The van der Waals surface area contributed by atoms with Gasteiger partial charge in [0.1, 0.15) is 0 Å². The van der Waals surface area contributed by atoms with Gasteiger partial charge in [-0.2, -0.15) is 16.4 Å². The first-order valence-corrected chi connectivity index (χ1v) is 9.15. The van der Waals surface area contributed by atoms with Crippen molar-refractivity contribution in [2.75, 3.05) is 26.2 Å². The van der Waals surface area contributed by atoms with Crippen molar-refractivity contribution in [3.05, 3.63) is 40.3 Å². The SMILES string of the molecule is Cn1nccc1CCC(=O)N1CCCN(Cc2ccsc2)CC1. The number of carbonyl (C=O) groups excluding carboxylic acids is 1. The quantitative estimate of drug-likeness (QED) is 0.842. The first-order valence-electron chi connectivity index (χ1n) is 8.20. The van der Waals surface area contributed by atoms with Crippen LogP contribution in [-0.2, 0) is 24.8 Å². The Kier molecular flexibility index (Phi) is 5.46. The number of nitrogens with zero attached hydrogens (tertiary/aromatic N) is 4. The Morgan fingerprint density at radius 3 is 2.91 bits per heavy atom. The Morgan fingerprint density at radius 2 is 2.17 bits per heavy atom. The molecule has 6 heteroatoms. The van der Waals surface area contributed by atoms with Crippen LogP contribution in [-0.4, -0.2) is 51.7 Å². The third-order valence-electron chi connectivity index (χ3n) is 4.44. The molecule has 3 heterocycles. The van der Waals surface area contributed by atoms with Crippen molar-refractivity contribution in [3.63, 3.8) is 0 Å². The first kappa shape index (κ1) is 16.2. The average molecular weight is 332 g/mol. The molecular formula is C17H24N4OS. The van der Waals surface area contributed by atoms with E-state index in [1.165, 1.54) is 5.56 Å². The number of thiophene rings is 1. The molecule has 0 spiro atoms. The molecule has 2 aromatic heterocycles. The molecule has 0 radical (unpaired) electrons. The van der Waals surface area contributed by atoms with E-state index in [-0.39, 0.29) is 5.91 Å². The molecule has 0 saturated carbocycles. The van der Waals surface area contributed by atoms with Gasteiger partial charge >= 0.3 is 0 Å². The summed E-state index contributed by atoms with van der Waals surface area (Å²) in [5.74, 6) is 0.267. The van der Waals surface area contributed by atoms with Crippen molar-refractivity contribution in [1.82, 2.24) is 19.6 Å². The summed E-state index contributed by atoms with van der Waals surface area (Å²) in [5, 5.41) is 8.49. The Bertz CT molecular complexity index is 622. The van der Waals surface area contributed by atoms with E-state index in [4.69, 9.17) is 0 Å². The lowest BCUT2D eigenvalue weighted by Gasteiger charge is -2.22. The highest BCUT2D eigenvalue weighted by Gasteiger charge is 2.19. The predicted octanol–water partition coefficient (Wildman–Crippen LogP) is 2.15. The summed E-state index contributed by atoms with van der Waals surface area (Å²) in [6.07, 6.45) is 4.18. The van der Waals surface area contributed by atoms with Crippen LogP contribution in [0.15, 0.2) is 29.1 Å². The fourth-order valence-electron chi connectivity index (χ4n) is 3.06. The molecule has 0 atom stereocenters. The maximum Gasteiger partial charge on any atom is 0.223 e.